The van der Waals surface area contributed by atoms with Gasteiger partial charge in [-0.15, -0.1) is 0 Å². The number of hydrogen-bond acceptors (Lipinski definition) is 3. The number of benzene rings is 1. The Hall–Kier alpha value is -1.53. The maximum absolute atomic E-state index is 9.57. The molecular weight excluding hydrogens is 212 g/mol. The molecule has 1 aromatic carbocycles. The first-order valence-electron chi connectivity index (χ1n) is 5.99. The van der Waals surface area contributed by atoms with Gasteiger partial charge in [-0.1, -0.05) is 17.7 Å². The zero-order valence-corrected chi connectivity index (χ0v) is 10.4. The molecule has 0 saturated carbocycles. The Morgan fingerprint density at radius 2 is 2.06 bits per heavy atom. The molecular formula is C14H18N2O. The van der Waals surface area contributed by atoms with Crippen molar-refractivity contribution in [2.75, 3.05) is 20.2 Å². The van der Waals surface area contributed by atoms with E-state index in [0.29, 0.717) is 0 Å². The lowest BCUT2D eigenvalue weighted by Crippen LogP contribution is -2.39. The minimum absolute atomic E-state index is 0.386. The molecule has 0 spiro atoms. The molecule has 2 rings (SSSR count). The van der Waals surface area contributed by atoms with Crippen LogP contribution in [0.3, 0.4) is 0 Å². The van der Waals surface area contributed by atoms with Gasteiger partial charge in [-0.3, -0.25) is 0 Å². The van der Waals surface area contributed by atoms with Crippen LogP contribution in [0.5, 0.6) is 5.75 Å². The zero-order chi connectivity index (χ0) is 12.3. The van der Waals surface area contributed by atoms with Crippen molar-refractivity contribution in [3.8, 4) is 11.8 Å². The van der Waals surface area contributed by atoms with Crippen LogP contribution in [0.15, 0.2) is 18.2 Å². The third-order valence-electron chi connectivity index (χ3n) is 3.54. The molecule has 0 aromatic heterocycles. The minimum Gasteiger partial charge on any atom is -0.496 e. The van der Waals surface area contributed by atoms with Crippen molar-refractivity contribution in [3.05, 3.63) is 29.3 Å². The fraction of sp³-hybridized carbons (Fsp3) is 0.500. The Bertz CT molecular complexity index is 442. The number of methoxy groups -OCH3 is 1. The summed E-state index contributed by atoms with van der Waals surface area (Å²) in [6.07, 6.45) is 1.70. The van der Waals surface area contributed by atoms with Gasteiger partial charge in [0.05, 0.1) is 18.6 Å². The van der Waals surface area contributed by atoms with E-state index < -0.39 is 0 Å². The van der Waals surface area contributed by atoms with Crippen LogP contribution >= 0.6 is 0 Å². The molecule has 0 radical (unpaired) electrons. The lowest BCUT2D eigenvalue weighted by Gasteiger charge is -2.32. The van der Waals surface area contributed by atoms with Gasteiger partial charge < -0.3 is 10.1 Å². The first kappa shape index (κ1) is 11.9. The van der Waals surface area contributed by atoms with Gasteiger partial charge in [0.25, 0.3) is 0 Å². The highest BCUT2D eigenvalue weighted by Crippen LogP contribution is 2.38. The number of aryl methyl sites for hydroxylation is 1. The third-order valence-corrected chi connectivity index (χ3v) is 3.54. The van der Waals surface area contributed by atoms with Crippen LogP contribution in [-0.2, 0) is 5.41 Å². The zero-order valence-electron chi connectivity index (χ0n) is 10.4. The monoisotopic (exact) mass is 230 g/mol. The van der Waals surface area contributed by atoms with Gasteiger partial charge in [0.1, 0.15) is 5.75 Å². The highest BCUT2D eigenvalue weighted by Gasteiger charge is 2.36. The number of nitrogens with one attached hydrogen (secondary N) is 1. The summed E-state index contributed by atoms with van der Waals surface area (Å²) in [6, 6.07) is 8.59. The van der Waals surface area contributed by atoms with Crippen molar-refractivity contribution in [1.82, 2.24) is 5.32 Å². The summed E-state index contributed by atoms with van der Waals surface area (Å²) >= 11 is 0. The molecule has 0 bridgehead atoms. The minimum atomic E-state index is -0.386. The molecule has 1 aromatic rings. The number of hydrogen-bond donors (Lipinski definition) is 1. The summed E-state index contributed by atoms with van der Waals surface area (Å²) in [6.45, 7) is 3.84. The predicted molar refractivity (Wildman–Crippen MR) is 67.1 cm³/mol. The van der Waals surface area contributed by atoms with Crippen molar-refractivity contribution in [1.29, 1.82) is 5.26 Å². The molecule has 1 aliphatic heterocycles. The van der Waals surface area contributed by atoms with Crippen molar-refractivity contribution >= 4 is 0 Å². The Morgan fingerprint density at radius 3 is 2.65 bits per heavy atom. The van der Waals surface area contributed by atoms with Crippen LogP contribution in [0.25, 0.3) is 0 Å². The number of nitriles is 1. The van der Waals surface area contributed by atoms with Gasteiger partial charge in [0.2, 0.25) is 0 Å². The average molecular weight is 230 g/mol. The molecule has 1 fully saturated rings. The summed E-state index contributed by atoms with van der Waals surface area (Å²) < 4.78 is 5.41. The molecule has 0 atom stereocenters. The largest absolute Gasteiger partial charge is 0.496 e. The Balaban J connectivity index is 2.49. The SMILES string of the molecule is COc1ccc(C)cc1C1(C#N)CCNCC1. The molecule has 0 unspecified atom stereocenters. The average Bonchev–Trinajstić information content (AvgIpc) is 2.39. The van der Waals surface area contributed by atoms with E-state index >= 15 is 0 Å². The van der Waals surface area contributed by atoms with Crippen molar-refractivity contribution in [2.45, 2.75) is 25.2 Å². The summed E-state index contributed by atoms with van der Waals surface area (Å²) in [5.41, 5.74) is 1.83. The topological polar surface area (TPSA) is 45.0 Å². The predicted octanol–water partition coefficient (Wildman–Crippen LogP) is 2.15. The van der Waals surface area contributed by atoms with Gasteiger partial charge in [-0.2, -0.15) is 5.26 Å². The van der Waals surface area contributed by atoms with Crippen molar-refractivity contribution in [3.63, 3.8) is 0 Å². The lowest BCUT2D eigenvalue weighted by molar-refractivity contribution is 0.353. The van der Waals surface area contributed by atoms with Gasteiger partial charge in [-0.25, -0.2) is 0 Å². The van der Waals surface area contributed by atoms with E-state index in [1.54, 1.807) is 7.11 Å². The van der Waals surface area contributed by atoms with E-state index in [0.717, 1.165) is 37.2 Å². The Kier molecular flexibility index (Phi) is 3.35. The molecule has 0 amide bonds. The van der Waals surface area contributed by atoms with E-state index in [1.807, 2.05) is 12.1 Å². The van der Waals surface area contributed by atoms with E-state index in [-0.39, 0.29) is 5.41 Å². The first-order chi connectivity index (χ1) is 8.22. The molecule has 0 aliphatic carbocycles. The van der Waals surface area contributed by atoms with E-state index in [1.165, 1.54) is 5.56 Å². The van der Waals surface area contributed by atoms with Crippen LogP contribution < -0.4 is 10.1 Å². The summed E-state index contributed by atoms with van der Waals surface area (Å²) in [5.74, 6) is 0.832. The molecule has 90 valence electrons. The maximum atomic E-state index is 9.57. The molecule has 3 heteroatoms. The van der Waals surface area contributed by atoms with Crippen LogP contribution in [-0.4, -0.2) is 20.2 Å². The summed E-state index contributed by atoms with van der Waals surface area (Å²) in [7, 11) is 1.67. The molecule has 1 N–H and O–H groups in total. The molecule has 17 heavy (non-hydrogen) atoms. The number of ether oxygens (including phenoxy) is 1. The Morgan fingerprint density at radius 1 is 1.35 bits per heavy atom. The van der Waals surface area contributed by atoms with Crippen molar-refractivity contribution < 1.29 is 4.74 Å². The first-order valence-corrected chi connectivity index (χ1v) is 5.99. The second-order valence-corrected chi connectivity index (χ2v) is 4.65. The van der Waals surface area contributed by atoms with Crippen LogP contribution in [0, 0.1) is 18.3 Å². The van der Waals surface area contributed by atoms with Gasteiger partial charge in [-0.05, 0) is 38.9 Å². The van der Waals surface area contributed by atoms with E-state index in [9.17, 15) is 5.26 Å². The quantitative estimate of drug-likeness (QED) is 0.846. The highest BCUT2D eigenvalue weighted by molar-refractivity contribution is 5.46. The summed E-state index contributed by atoms with van der Waals surface area (Å²) in [4.78, 5) is 0. The normalized spacial score (nSPS) is 18.4. The maximum Gasteiger partial charge on any atom is 0.123 e. The third kappa shape index (κ3) is 2.13. The number of piperidine rings is 1. The smallest absolute Gasteiger partial charge is 0.123 e. The standard InChI is InChI=1S/C14H18N2O/c1-11-3-4-13(17-2)12(9-11)14(10-15)5-7-16-8-6-14/h3-4,9,16H,5-8H2,1-2H3. The van der Waals surface area contributed by atoms with Gasteiger partial charge >= 0.3 is 0 Å². The molecule has 1 heterocycles. The van der Waals surface area contributed by atoms with Crippen LogP contribution in [0.1, 0.15) is 24.0 Å². The second kappa shape index (κ2) is 4.77. The molecule has 1 aliphatic rings. The van der Waals surface area contributed by atoms with Crippen molar-refractivity contribution in [2.24, 2.45) is 0 Å². The van der Waals surface area contributed by atoms with Crippen LogP contribution in [0.2, 0.25) is 0 Å². The lowest BCUT2D eigenvalue weighted by atomic mass is 9.73. The number of nitrogens with zero attached hydrogens (tertiary/aromatic N) is 1. The van der Waals surface area contributed by atoms with Crippen LogP contribution in [0.4, 0.5) is 0 Å². The van der Waals surface area contributed by atoms with E-state index in [2.05, 4.69) is 24.4 Å². The van der Waals surface area contributed by atoms with Gasteiger partial charge in [0.15, 0.2) is 0 Å². The Labute approximate surface area is 102 Å². The van der Waals surface area contributed by atoms with Gasteiger partial charge in [0, 0.05) is 5.56 Å². The summed E-state index contributed by atoms with van der Waals surface area (Å²) in [5, 5.41) is 12.9. The second-order valence-electron chi connectivity index (χ2n) is 4.65. The fourth-order valence-corrected chi connectivity index (χ4v) is 2.49. The fourth-order valence-electron chi connectivity index (χ4n) is 2.49. The molecule has 3 nitrogen and oxygen atoms in total. The molecule has 1 saturated heterocycles. The number of rotatable bonds is 2. The highest BCUT2D eigenvalue weighted by atomic mass is 16.5. The van der Waals surface area contributed by atoms with E-state index in [4.69, 9.17) is 4.74 Å².